The Labute approximate surface area is 104 Å². The van der Waals surface area contributed by atoms with E-state index in [1.807, 2.05) is 12.1 Å². The Kier molecular flexibility index (Phi) is 3.36. The second-order valence-corrected chi connectivity index (χ2v) is 3.94. The second-order valence-electron chi connectivity index (χ2n) is 3.94. The van der Waals surface area contributed by atoms with Crippen LogP contribution in [0.3, 0.4) is 0 Å². The summed E-state index contributed by atoms with van der Waals surface area (Å²) < 4.78 is 9.74. The molecule has 0 spiro atoms. The van der Waals surface area contributed by atoms with Crippen LogP contribution in [0.5, 0.6) is 5.75 Å². The minimum Gasteiger partial charge on any atom is -0.497 e. The van der Waals surface area contributed by atoms with Gasteiger partial charge in [0.2, 0.25) is 6.10 Å². The van der Waals surface area contributed by atoms with Crippen molar-refractivity contribution in [2.24, 2.45) is 0 Å². The normalized spacial score (nSPS) is 18.6. The van der Waals surface area contributed by atoms with Crippen LogP contribution in [0.25, 0.3) is 0 Å². The molecule has 6 heteroatoms. The number of carbonyl (C=O) groups is 2. The molecule has 2 rings (SSSR count). The predicted octanol–water partition coefficient (Wildman–Crippen LogP) is 1.10. The van der Waals surface area contributed by atoms with Gasteiger partial charge in [0.15, 0.2) is 0 Å². The van der Waals surface area contributed by atoms with E-state index in [1.165, 1.54) is 4.90 Å². The Hall–Kier alpha value is -2.24. The van der Waals surface area contributed by atoms with Crippen molar-refractivity contribution in [1.29, 1.82) is 0 Å². The van der Waals surface area contributed by atoms with Crippen LogP contribution in [-0.4, -0.2) is 41.8 Å². The topological polar surface area (TPSA) is 76.1 Å². The van der Waals surface area contributed by atoms with E-state index >= 15 is 0 Å². The Morgan fingerprint density at radius 1 is 1.50 bits per heavy atom. The number of aliphatic carboxylic acids is 1. The SMILES string of the molecule is COc1ccc(CN2C[C@H](C(=O)O)OC2=O)cc1. The first kappa shape index (κ1) is 12.2. The van der Waals surface area contributed by atoms with Crippen molar-refractivity contribution in [3.05, 3.63) is 29.8 Å². The van der Waals surface area contributed by atoms with Gasteiger partial charge in [-0.15, -0.1) is 0 Å². The first-order chi connectivity index (χ1) is 8.60. The zero-order valence-electron chi connectivity index (χ0n) is 9.83. The molecule has 0 aliphatic carbocycles. The summed E-state index contributed by atoms with van der Waals surface area (Å²) in [5, 5.41) is 8.76. The van der Waals surface area contributed by atoms with Gasteiger partial charge in [-0.3, -0.25) is 4.90 Å². The van der Waals surface area contributed by atoms with E-state index in [0.29, 0.717) is 6.54 Å². The van der Waals surface area contributed by atoms with Gasteiger partial charge in [-0.1, -0.05) is 12.1 Å². The summed E-state index contributed by atoms with van der Waals surface area (Å²) in [5.41, 5.74) is 0.888. The molecule has 18 heavy (non-hydrogen) atoms. The molecule has 1 aromatic carbocycles. The molecule has 0 radical (unpaired) electrons. The van der Waals surface area contributed by atoms with Gasteiger partial charge in [0.05, 0.1) is 13.7 Å². The monoisotopic (exact) mass is 251 g/mol. The summed E-state index contributed by atoms with van der Waals surface area (Å²) in [6, 6.07) is 7.21. The highest BCUT2D eigenvalue weighted by atomic mass is 16.6. The van der Waals surface area contributed by atoms with Crippen LogP contribution in [0.15, 0.2) is 24.3 Å². The van der Waals surface area contributed by atoms with Gasteiger partial charge in [0, 0.05) is 6.54 Å². The lowest BCUT2D eigenvalue weighted by molar-refractivity contribution is -0.144. The molecule has 1 aliphatic rings. The molecule has 0 unspecified atom stereocenters. The Morgan fingerprint density at radius 3 is 2.67 bits per heavy atom. The second kappa shape index (κ2) is 4.95. The molecule has 6 nitrogen and oxygen atoms in total. The van der Waals surface area contributed by atoms with E-state index < -0.39 is 18.2 Å². The van der Waals surface area contributed by atoms with Crippen LogP contribution in [0.4, 0.5) is 4.79 Å². The number of carboxylic acid groups (broad SMARTS) is 1. The minimum absolute atomic E-state index is 0.0696. The lowest BCUT2D eigenvalue weighted by Gasteiger charge is -2.12. The summed E-state index contributed by atoms with van der Waals surface area (Å²) >= 11 is 0. The summed E-state index contributed by atoms with van der Waals surface area (Å²) in [5.74, 6) is -0.397. The maximum absolute atomic E-state index is 11.4. The minimum atomic E-state index is -1.12. The average molecular weight is 251 g/mol. The van der Waals surface area contributed by atoms with E-state index in [2.05, 4.69) is 0 Å². The van der Waals surface area contributed by atoms with Crippen molar-refractivity contribution in [1.82, 2.24) is 4.90 Å². The number of amides is 1. The van der Waals surface area contributed by atoms with Crippen molar-refractivity contribution >= 4 is 12.1 Å². The van der Waals surface area contributed by atoms with Gasteiger partial charge < -0.3 is 14.6 Å². The molecule has 1 amide bonds. The number of methoxy groups -OCH3 is 1. The highest BCUT2D eigenvalue weighted by Crippen LogP contribution is 2.17. The largest absolute Gasteiger partial charge is 0.497 e. The molecule has 1 heterocycles. The zero-order chi connectivity index (χ0) is 13.1. The van der Waals surface area contributed by atoms with Crippen LogP contribution in [-0.2, 0) is 16.1 Å². The summed E-state index contributed by atoms with van der Waals surface area (Å²) in [6.45, 7) is 0.396. The fourth-order valence-electron chi connectivity index (χ4n) is 1.72. The molecule has 96 valence electrons. The van der Waals surface area contributed by atoms with Gasteiger partial charge >= 0.3 is 12.1 Å². The number of hydrogen-bond acceptors (Lipinski definition) is 4. The van der Waals surface area contributed by atoms with Crippen LogP contribution < -0.4 is 4.74 Å². The predicted molar refractivity (Wildman–Crippen MR) is 61.3 cm³/mol. The van der Waals surface area contributed by atoms with E-state index in [-0.39, 0.29) is 6.54 Å². The van der Waals surface area contributed by atoms with E-state index in [4.69, 9.17) is 14.6 Å². The van der Waals surface area contributed by atoms with Crippen molar-refractivity contribution < 1.29 is 24.2 Å². The third-order valence-electron chi connectivity index (χ3n) is 2.70. The van der Waals surface area contributed by atoms with Crippen molar-refractivity contribution in [3.63, 3.8) is 0 Å². The van der Waals surface area contributed by atoms with Crippen LogP contribution in [0, 0.1) is 0 Å². The fourth-order valence-corrected chi connectivity index (χ4v) is 1.72. The summed E-state index contributed by atoms with van der Waals surface area (Å²) in [6.07, 6.45) is -1.67. The molecule has 1 fully saturated rings. The Morgan fingerprint density at radius 2 is 2.17 bits per heavy atom. The van der Waals surface area contributed by atoms with Crippen LogP contribution in [0.2, 0.25) is 0 Å². The molecule has 0 bridgehead atoms. The van der Waals surface area contributed by atoms with Gasteiger partial charge in [0.25, 0.3) is 0 Å². The quantitative estimate of drug-likeness (QED) is 0.867. The number of ether oxygens (including phenoxy) is 2. The van der Waals surface area contributed by atoms with Crippen molar-refractivity contribution in [3.8, 4) is 5.75 Å². The third kappa shape index (κ3) is 2.53. The van der Waals surface area contributed by atoms with Crippen molar-refractivity contribution in [2.75, 3.05) is 13.7 Å². The number of nitrogens with zero attached hydrogens (tertiary/aromatic N) is 1. The molecular weight excluding hydrogens is 238 g/mol. The zero-order valence-corrected chi connectivity index (χ0v) is 9.83. The molecular formula is C12H13NO5. The number of carbonyl (C=O) groups excluding carboxylic acids is 1. The standard InChI is InChI=1S/C12H13NO5/c1-17-9-4-2-8(3-5-9)6-13-7-10(11(14)15)18-12(13)16/h2-5,10H,6-7H2,1H3,(H,14,15)/t10-/m1/s1. The van der Waals surface area contributed by atoms with Crippen molar-refractivity contribution in [2.45, 2.75) is 12.6 Å². The first-order valence-electron chi connectivity index (χ1n) is 5.41. The maximum atomic E-state index is 11.4. The lowest BCUT2D eigenvalue weighted by Crippen LogP contribution is -2.27. The maximum Gasteiger partial charge on any atom is 0.411 e. The van der Waals surface area contributed by atoms with E-state index in [1.54, 1.807) is 19.2 Å². The lowest BCUT2D eigenvalue weighted by atomic mass is 10.2. The summed E-state index contributed by atoms with van der Waals surface area (Å²) in [4.78, 5) is 23.5. The number of rotatable bonds is 4. The van der Waals surface area contributed by atoms with Gasteiger partial charge in [0.1, 0.15) is 5.75 Å². The van der Waals surface area contributed by atoms with Crippen LogP contribution >= 0.6 is 0 Å². The van der Waals surface area contributed by atoms with Crippen LogP contribution in [0.1, 0.15) is 5.56 Å². The smallest absolute Gasteiger partial charge is 0.411 e. The molecule has 0 aromatic heterocycles. The number of carboxylic acids is 1. The average Bonchev–Trinajstić information content (AvgIpc) is 2.72. The Bertz CT molecular complexity index is 456. The molecule has 1 saturated heterocycles. The molecule has 1 N–H and O–H groups in total. The summed E-state index contributed by atoms with van der Waals surface area (Å²) in [7, 11) is 1.57. The first-order valence-corrected chi connectivity index (χ1v) is 5.41. The van der Waals surface area contributed by atoms with Gasteiger partial charge in [-0.05, 0) is 17.7 Å². The van der Waals surface area contributed by atoms with Gasteiger partial charge in [-0.25, -0.2) is 9.59 Å². The molecule has 1 atom stereocenters. The number of cyclic esters (lactones) is 1. The molecule has 1 aliphatic heterocycles. The highest BCUT2D eigenvalue weighted by Gasteiger charge is 2.35. The highest BCUT2D eigenvalue weighted by molar-refractivity contribution is 5.81. The van der Waals surface area contributed by atoms with Gasteiger partial charge in [-0.2, -0.15) is 0 Å². The Balaban J connectivity index is 2.01. The van der Waals surface area contributed by atoms with E-state index in [0.717, 1.165) is 11.3 Å². The number of benzene rings is 1. The number of hydrogen-bond donors (Lipinski definition) is 1. The van der Waals surface area contributed by atoms with E-state index in [9.17, 15) is 9.59 Å². The molecule has 0 saturated carbocycles. The third-order valence-corrected chi connectivity index (χ3v) is 2.70. The molecule has 1 aromatic rings. The fraction of sp³-hybridized carbons (Fsp3) is 0.333.